The van der Waals surface area contributed by atoms with Crippen LogP contribution in [-0.4, -0.2) is 42.3 Å². The largest absolute Gasteiger partial charge is 0.464 e. The summed E-state index contributed by atoms with van der Waals surface area (Å²) in [7, 11) is 1.51. The molecule has 0 N–H and O–H groups in total. The molecule has 18 heavy (non-hydrogen) atoms. The van der Waals surface area contributed by atoms with Crippen molar-refractivity contribution in [3.05, 3.63) is 12.7 Å². The van der Waals surface area contributed by atoms with Crippen LogP contribution >= 0.6 is 0 Å². The lowest BCUT2D eigenvalue weighted by atomic mass is 10.2. The molecule has 0 bridgehead atoms. The molecule has 0 aromatic rings. The van der Waals surface area contributed by atoms with Gasteiger partial charge in [-0.15, -0.1) is 6.58 Å². The molecule has 0 heterocycles. The van der Waals surface area contributed by atoms with E-state index in [-0.39, 0.29) is 6.61 Å². The minimum absolute atomic E-state index is 0.272. The summed E-state index contributed by atoms with van der Waals surface area (Å²) in [6.07, 6.45) is 1.35. The Morgan fingerprint density at radius 3 is 2.33 bits per heavy atom. The van der Waals surface area contributed by atoms with Gasteiger partial charge in [0.25, 0.3) is 0 Å². The number of esters is 1. The van der Waals surface area contributed by atoms with Crippen LogP contribution < -0.4 is 0 Å². The third-order valence-electron chi connectivity index (χ3n) is 2.10. The van der Waals surface area contributed by atoms with Crippen LogP contribution in [0, 0.1) is 0 Å². The molecule has 0 aromatic carbocycles. The van der Waals surface area contributed by atoms with Gasteiger partial charge in [0.15, 0.2) is 0 Å². The molecule has 104 valence electrons. The Labute approximate surface area is 109 Å². The number of rotatable bonds is 5. The molecule has 0 aliphatic carbocycles. The van der Waals surface area contributed by atoms with Gasteiger partial charge >= 0.3 is 12.1 Å². The fraction of sp³-hybridized carbons (Fsp3) is 0.692. The topological polar surface area (TPSA) is 55.8 Å². The second kappa shape index (κ2) is 7.03. The molecule has 1 amide bonds. The highest BCUT2D eigenvalue weighted by molar-refractivity contribution is 5.81. The zero-order chi connectivity index (χ0) is 14.3. The lowest BCUT2D eigenvalue weighted by Gasteiger charge is -2.28. The van der Waals surface area contributed by atoms with Crippen molar-refractivity contribution in [2.24, 2.45) is 0 Å². The van der Waals surface area contributed by atoms with Crippen LogP contribution in [-0.2, 0) is 14.3 Å². The highest BCUT2D eigenvalue weighted by atomic mass is 16.6. The number of amides is 1. The average Bonchev–Trinajstić information content (AvgIpc) is 2.22. The third kappa shape index (κ3) is 5.70. The molecule has 0 spiro atoms. The average molecular weight is 257 g/mol. The van der Waals surface area contributed by atoms with Crippen molar-refractivity contribution in [3.8, 4) is 0 Å². The molecular weight excluding hydrogens is 234 g/mol. The summed E-state index contributed by atoms with van der Waals surface area (Å²) >= 11 is 0. The zero-order valence-corrected chi connectivity index (χ0v) is 11.9. The molecule has 0 fully saturated rings. The van der Waals surface area contributed by atoms with Crippen molar-refractivity contribution in [1.82, 2.24) is 4.90 Å². The highest BCUT2D eigenvalue weighted by Crippen LogP contribution is 2.13. The normalized spacial score (nSPS) is 12.5. The fourth-order valence-corrected chi connectivity index (χ4v) is 1.27. The van der Waals surface area contributed by atoms with E-state index in [1.165, 1.54) is 11.9 Å². The summed E-state index contributed by atoms with van der Waals surface area (Å²) in [6.45, 7) is 10.9. The van der Waals surface area contributed by atoms with E-state index < -0.39 is 23.7 Å². The molecule has 0 aromatic heterocycles. The van der Waals surface area contributed by atoms with Crippen LogP contribution in [0.2, 0.25) is 0 Å². The maximum absolute atomic E-state index is 11.8. The van der Waals surface area contributed by atoms with Crippen LogP contribution in [0.15, 0.2) is 12.7 Å². The van der Waals surface area contributed by atoms with E-state index in [1.807, 2.05) is 0 Å². The molecule has 5 nitrogen and oxygen atoms in total. The lowest BCUT2D eigenvalue weighted by Crippen LogP contribution is -2.45. The Balaban J connectivity index is 4.74. The van der Waals surface area contributed by atoms with Crippen molar-refractivity contribution >= 4 is 12.1 Å². The van der Waals surface area contributed by atoms with Gasteiger partial charge in [0, 0.05) is 7.05 Å². The number of carbonyl (C=O) groups excluding carboxylic acids is 2. The molecule has 1 atom stereocenters. The van der Waals surface area contributed by atoms with Crippen LogP contribution in [0.4, 0.5) is 4.79 Å². The van der Waals surface area contributed by atoms with E-state index in [0.717, 1.165) is 0 Å². The lowest BCUT2D eigenvalue weighted by molar-refractivity contribution is -0.148. The van der Waals surface area contributed by atoms with Crippen molar-refractivity contribution in [2.45, 2.75) is 45.8 Å². The molecule has 0 saturated carbocycles. The maximum Gasteiger partial charge on any atom is 0.410 e. The second-order valence-electron chi connectivity index (χ2n) is 4.88. The van der Waals surface area contributed by atoms with Crippen molar-refractivity contribution < 1.29 is 19.1 Å². The molecule has 0 rings (SSSR count). The van der Waals surface area contributed by atoms with Crippen LogP contribution in [0.1, 0.15) is 34.1 Å². The van der Waals surface area contributed by atoms with Gasteiger partial charge in [0.05, 0.1) is 6.61 Å². The molecule has 5 heteroatoms. The first kappa shape index (κ1) is 16.5. The summed E-state index contributed by atoms with van der Waals surface area (Å²) < 4.78 is 10.1. The number of hydrogen-bond donors (Lipinski definition) is 0. The van der Waals surface area contributed by atoms with Gasteiger partial charge in [-0.05, 0) is 34.1 Å². The monoisotopic (exact) mass is 257 g/mol. The summed E-state index contributed by atoms with van der Waals surface area (Å²) in [6, 6.07) is -0.697. The highest BCUT2D eigenvalue weighted by Gasteiger charge is 2.30. The first-order valence-corrected chi connectivity index (χ1v) is 5.96. The van der Waals surface area contributed by atoms with Crippen molar-refractivity contribution in [2.75, 3.05) is 13.7 Å². The first-order chi connectivity index (χ1) is 8.22. The number of nitrogens with zero attached hydrogens (tertiary/aromatic N) is 1. The van der Waals surface area contributed by atoms with E-state index >= 15 is 0 Å². The fourth-order valence-electron chi connectivity index (χ4n) is 1.27. The number of likely N-dealkylation sites (N-methyl/N-ethyl adjacent to an activating group) is 1. The van der Waals surface area contributed by atoms with E-state index in [0.29, 0.717) is 6.42 Å². The van der Waals surface area contributed by atoms with E-state index in [2.05, 4.69) is 6.58 Å². The van der Waals surface area contributed by atoms with E-state index in [9.17, 15) is 9.59 Å². The maximum atomic E-state index is 11.8. The van der Waals surface area contributed by atoms with Gasteiger partial charge in [-0.3, -0.25) is 4.90 Å². The van der Waals surface area contributed by atoms with Crippen LogP contribution in [0.25, 0.3) is 0 Å². The SMILES string of the molecule is C=CCC(C(=O)OCC)N(C)C(=O)OC(C)(C)C. The molecule has 0 aliphatic heterocycles. The van der Waals surface area contributed by atoms with Gasteiger partial charge in [0.2, 0.25) is 0 Å². The summed E-state index contributed by atoms with van der Waals surface area (Å²) in [5, 5.41) is 0. The summed E-state index contributed by atoms with van der Waals surface area (Å²) in [5.74, 6) is -0.453. The van der Waals surface area contributed by atoms with Gasteiger partial charge in [-0.2, -0.15) is 0 Å². The number of carbonyl (C=O) groups is 2. The Kier molecular flexibility index (Phi) is 6.44. The molecular formula is C13H23NO4. The Morgan fingerprint density at radius 2 is 1.94 bits per heavy atom. The van der Waals surface area contributed by atoms with Crippen molar-refractivity contribution in [1.29, 1.82) is 0 Å². The van der Waals surface area contributed by atoms with E-state index in [4.69, 9.17) is 9.47 Å². The summed E-state index contributed by atoms with van der Waals surface area (Å²) in [4.78, 5) is 24.8. The first-order valence-electron chi connectivity index (χ1n) is 5.96. The van der Waals surface area contributed by atoms with E-state index in [1.54, 1.807) is 33.8 Å². The Hall–Kier alpha value is -1.52. The minimum atomic E-state index is -0.697. The molecule has 0 aliphatic rings. The van der Waals surface area contributed by atoms with Crippen LogP contribution in [0.3, 0.4) is 0 Å². The van der Waals surface area contributed by atoms with Gasteiger partial charge in [-0.25, -0.2) is 9.59 Å². The van der Waals surface area contributed by atoms with Crippen LogP contribution in [0.5, 0.6) is 0 Å². The second-order valence-corrected chi connectivity index (χ2v) is 4.88. The molecule has 0 radical (unpaired) electrons. The predicted octanol–water partition coefficient (Wildman–Crippen LogP) is 2.36. The zero-order valence-electron chi connectivity index (χ0n) is 11.9. The van der Waals surface area contributed by atoms with Crippen molar-refractivity contribution in [3.63, 3.8) is 0 Å². The predicted molar refractivity (Wildman–Crippen MR) is 69.2 cm³/mol. The van der Waals surface area contributed by atoms with Gasteiger partial charge < -0.3 is 9.47 Å². The quantitative estimate of drug-likeness (QED) is 0.560. The Bertz CT molecular complexity index is 307. The van der Waals surface area contributed by atoms with Gasteiger partial charge in [-0.1, -0.05) is 6.08 Å². The summed E-state index contributed by atoms with van der Waals surface area (Å²) in [5.41, 5.74) is -0.598. The molecule has 1 unspecified atom stereocenters. The standard InChI is InChI=1S/C13H23NO4/c1-7-9-10(11(15)17-8-2)14(6)12(16)18-13(3,4)5/h7,10H,1,8-9H2,2-6H3. The number of ether oxygens (including phenoxy) is 2. The molecule has 0 saturated heterocycles. The van der Waals surface area contributed by atoms with Gasteiger partial charge in [0.1, 0.15) is 11.6 Å². The smallest absolute Gasteiger partial charge is 0.410 e. The Morgan fingerprint density at radius 1 is 1.39 bits per heavy atom. The third-order valence-corrected chi connectivity index (χ3v) is 2.10. The minimum Gasteiger partial charge on any atom is -0.464 e. The number of hydrogen-bond acceptors (Lipinski definition) is 4.